The number of halogens is 2. The van der Waals surface area contributed by atoms with E-state index >= 15 is 0 Å². The van der Waals surface area contributed by atoms with Gasteiger partial charge in [-0.2, -0.15) is 0 Å². The van der Waals surface area contributed by atoms with E-state index in [1.807, 2.05) is 0 Å². The van der Waals surface area contributed by atoms with Gasteiger partial charge in [0, 0.05) is 23.2 Å². The molecule has 0 aromatic heterocycles. The van der Waals surface area contributed by atoms with Crippen LogP contribution in [0.2, 0.25) is 5.02 Å². The zero-order chi connectivity index (χ0) is 13.0. The Hall–Kier alpha value is -0.600. The molecule has 1 nitrogen and oxygen atoms in total. The standard InChI is InChI=1S/C15H21ClFN/c1-11(12-6-3-2-4-7-12)18-10-13-14(16)8-5-9-15(13)17/h5,8-9,11-12,18H,2-4,6-7,10H2,1H3. The molecule has 1 saturated carbocycles. The van der Waals surface area contributed by atoms with E-state index in [-0.39, 0.29) is 5.82 Å². The molecule has 0 saturated heterocycles. The Morgan fingerprint density at radius 2 is 2.06 bits per heavy atom. The average molecular weight is 270 g/mol. The lowest BCUT2D eigenvalue weighted by Gasteiger charge is -2.28. The van der Waals surface area contributed by atoms with Crippen molar-refractivity contribution >= 4 is 11.6 Å². The molecule has 1 atom stereocenters. The Balaban J connectivity index is 1.90. The minimum atomic E-state index is -0.217. The van der Waals surface area contributed by atoms with E-state index in [2.05, 4.69) is 12.2 Å². The second-order valence-electron chi connectivity index (χ2n) is 5.27. The van der Waals surface area contributed by atoms with Gasteiger partial charge in [0.2, 0.25) is 0 Å². The molecule has 1 unspecified atom stereocenters. The van der Waals surface area contributed by atoms with Crippen molar-refractivity contribution in [3.05, 3.63) is 34.6 Å². The van der Waals surface area contributed by atoms with Crippen molar-refractivity contribution in [2.75, 3.05) is 0 Å². The van der Waals surface area contributed by atoms with Crippen molar-refractivity contribution in [1.82, 2.24) is 5.32 Å². The average Bonchev–Trinajstić information content (AvgIpc) is 2.39. The number of nitrogens with one attached hydrogen (secondary N) is 1. The maximum atomic E-state index is 13.6. The van der Waals surface area contributed by atoms with Crippen LogP contribution >= 0.6 is 11.6 Å². The van der Waals surface area contributed by atoms with Gasteiger partial charge in [0.25, 0.3) is 0 Å². The van der Waals surface area contributed by atoms with Gasteiger partial charge in [-0.25, -0.2) is 4.39 Å². The highest BCUT2D eigenvalue weighted by Crippen LogP contribution is 2.27. The van der Waals surface area contributed by atoms with E-state index < -0.39 is 0 Å². The SMILES string of the molecule is CC(NCc1c(F)cccc1Cl)C1CCCCC1. The van der Waals surface area contributed by atoms with Crippen molar-refractivity contribution in [3.63, 3.8) is 0 Å². The van der Waals surface area contributed by atoms with Crippen LogP contribution in [0.5, 0.6) is 0 Å². The summed E-state index contributed by atoms with van der Waals surface area (Å²) in [6.45, 7) is 2.72. The molecule has 1 N–H and O–H groups in total. The smallest absolute Gasteiger partial charge is 0.129 e. The van der Waals surface area contributed by atoms with Crippen LogP contribution in [0.15, 0.2) is 18.2 Å². The highest BCUT2D eigenvalue weighted by Gasteiger charge is 2.20. The van der Waals surface area contributed by atoms with Gasteiger partial charge in [-0.05, 0) is 37.8 Å². The third-order valence-corrected chi connectivity index (χ3v) is 4.37. The molecular weight excluding hydrogens is 249 g/mol. The number of rotatable bonds is 4. The quantitative estimate of drug-likeness (QED) is 0.846. The molecule has 1 aliphatic carbocycles. The summed E-state index contributed by atoms with van der Waals surface area (Å²) in [4.78, 5) is 0. The zero-order valence-electron chi connectivity index (χ0n) is 10.9. The first kappa shape index (κ1) is 13.8. The van der Waals surface area contributed by atoms with E-state index in [9.17, 15) is 4.39 Å². The van der Waals surface area contributed by atoms with Crippen LogP contribution < -0.4 is 5.32 Å². The summed E-state index contributed by atoms with van der Waals surface area (Å²) >= 11 is 6.02. The first-order chi connectivity index (χ1) is 8.68. The molecule has 0 amide bonds. The molecule has 0 bridgehead atoms. The molecule has 1 aromatic rings. The summed E-state index contributed by atoms with van der Waals surface area (Å²) in [5.41, 5.74) is 0.585. The first-order valence-corrected chi connectivity index (χ1v) is 7.22. The van der Waals surface area contributed by atoms with Crippen molar-refractivity contribution in [2.24, 2.45) is 5.92 Å². The molecule has 1 fully saturated rings. The fourth-order valence-electron chi connectivity index (χ4n) is 2.77. The lowest BCUT2D eigenvalue weighted by molar-refractivity contribution is 0.280. The Bertz CT molecular complexity index is 368. The predicted octanol–water partition coefficient (Wildman–Crippen LogP) is 4.54. The summed E-state index contributed by atoms with van der Waals surface area (Å²) in [7, 11) is 0. The molecule has 2 rings (SSSR count). The van der Waals surface area contributed by atoms with Crippen LogP contribution in [-0.4, -0.2) is 6.04 Å². The van der Waals surface area contributed by atoms with Crippen molar-refractivity contribution in [3.8, 4) is 0 Å². The topological polar surface area (TPSA) is 12.0 Å². The fourth-order valence-corrected chi connectivity index (χ4v) is 2.99. The highest BCUT2D eigenvalue weighted by atomic mass is 35.5. The van der Waals surface area contributed by atoms with Crippen LogP contribution in [0.4, 0.5) is 4.39 Å². The van der Waals surface area contributed by atoms with Crippen LogP contribution in [0.3, 0.4) is 0 Å². The maximum absolute atomic E-state index is 13.6. The van der Waals surface area contributed by atoms with Crippen LogP contribution in [-0.2, 0) is 6.54 Å². The minimum absolute atomic E-state index is 0.217. The van der Waals surface area contributed by atoms with Gasteiger partial charge in [0.1, 0.15) is 5.82 Å². The van der Waals surface area contributed by atoms with Gasteiger partial charge in [0.15, 0.2) is 0 Å². The third kappa shape index (κ3) is 3.46. The van der Waals surface area contributed by atoms with Gasteiger partial charge < -0.3 is 5.32 Å². The molecule has 100 valence electrons. The van der Waals surface area contributed by atoms with E-state index in [1.165, 1.54) is 38.2 Å². The number of benzene rings is 1. The monoisotopic (exact) mass is 269 g/mol. The van der Waals surface area contributed by atoms with E-state index in [0.717, 1.165) is 5.92 Å². The van der Waals surface area contributed by atoms with Crippen LogP contribution in [0.25, 0.3) is 0 Å². The summed E-state index contributed by atoms with van der Waals surface area (Å²) < 4.78 is 13.6. The third-order valence-electron chi connectivity index (χ3n) is 4.02. The van der Waals surface area contributed by atoms with Gasteiger partial charge in [0.05, 0.1) is 0 Å². The van der Waals surface area contributed by atoms with Crippen LogP contribution in [0, 0.1) is 11.7 Å². The Morgan fingerprint density at radius 3 is 2.72 bits per heavy atom. The molecule has 3 heteroatoms. The normalized spacial score (nSPS) is 18.8. The number of hydrogen-bond acceptors (Lipinski definition) is 1. The van der Waals surface area contributed by atoms with Crippen molar-refractivity contribution in [1.29, 1.82) is 0 Å². The predicted molar refractivity (Wildman–Crippen MR) is 74.3 cm³/mol. The molecule has 0 radical (unpaired) electrons. The summed E-state index contributed by atoms with van der Waals surface area (Å²) in [5.74, 6) is 0.509. The summed E-state index contributed by atoms with van der Waals surface area (Å²) in [5, 5.41) is 3.94. The largest absolute Gasteiger partial charge is 0.310 e. The lowest BCUT2D eigenvalue weighted by atomic mass is 9.84. The first-order valence-electron chi connectivity index (χ1n) is 6.84. The lowest BCUT2D eigenvalue weighted by Crippen LogP contribution is -2.34. The highest BCUT2D eigenvalue weighted by molar-refractivity contribution is 6.31. The number of hydrogen-bond donors (Lipinski definition) is 1. The Morgan fingerprint density at radius 1 is 1.33 bits per heavy atom. The molecule has 1 aliphatic rings. The summed E-state index contributed by atoms with van der Waals surface area (Å²) in [6, 6.07) is 5.29. The second kappa shape index (κ2) is 6.53. The van der Waals surface area contributed by atoms with Crippen molar-refractivity contribution in [2.45, 2.75) is 51.6 Å². The van der Waals surface area contributed by atoms with E-state index in [1.54, 1.807) is 12.1 Å². The van der Waals surface area contributed by atoms with E-state index in [4.69, 9.17) is 11.6 Å². The van der Waals surface area contributed by atoms with Gasteiger partial charge >= 0.3 is 0 Å². The molecule has 0 aliphatic heterocycles. The molecule has 18 heavy (non-hydrogen) atoms. The van der Waals surface area contributed by atoms with Gasteiger partial charge in [-0.3, -0.25) is 0 Å². The Labute approximate surface area is 114 Å². The van der Waals surface area contributed by atoms with Gasteiger partial charge in [-0.15, -0.1) is 0 Å². The van der Waals surface area contributed by atoms with Gasteiger partial charge in [-0.1, -0.05) is 36.9 Å². The molecule has 0 spiro atoms. The second-order valence-corrected chi connectivity index (χ2v) is 5.68. The molecule has 0 heterocycles. The summed E-state index contributed by atoms with van der Waals surface area (Å²) in [6.07, 6.45) is 6.61. The van der Waals surface area contributed by atoms with E-state index in [0.29, 0.717) is 23.2 Å². The van der Waals surface area contributed by atoms with Crippen molar-refractivity contribution < 1.29 is 4.39 Å². The molecule has 1 aromatic carbocycles. The maximum Gasteiger partial charge on any atom is 0.129 e. The minimum Gasteiger partial charge on any atom is -0.310 e. The Kier molecular flexibility index (Phi) is 5.02. The fraction of sp³-hybridized carbons (Fsp3) is 0.600. The molecular formula is C15H21ClFN. The zero-order valence-corrected chi connectivity index (χ0v) is 11.6. The van der Waals surface area contributed by atoms with Crippen LogP contribution in [0.1, 0.15) is 44.6 Å².